The van der Waals surface area contributed by atoms with E-state index < -0.39 is 0 Å². The largest absolute Gasteiger partial charge is 0.396 e. The van der Waals surface area contributed by atoms with Gasteiger partial charge in [0.1, 0.15) is 0 Å². The number of aliphatic hydroxyl groups excluding tert-OH is 1. The molecule has 14 heavy (non-hydrogen) atoms. The lowest BCUT2D eigenvalue weighted by Crippen LogP contribution is -2.43. The molecule has 0 rings (SSSR count). The smallest absolute Gasteiger partial charge is 0.237 e. The highest BCUT2D eigenvalue weighted by atomic mass is 16.3. The third kappa shape index (κ3) is 5.72. The maximum atomic E-state index is 11.3. The Morgan fingerprint density at radius 3 is 2.71 bits per heavy atom. The summed E-state index contributed by atoms with van der Waals surface area (Å²) in [6.45, 7) is 8.48. The van der Waals surface area contributed by atoms with Gasteiger partial charge in [0.15, 0.2) is 0 Å². The van der Waals surface area contributed by atoms with Crippen LogP contribution in [0, 0.1) is 5.92 Å². The molecular formula is C10H20N2O2. The van der Waals surface area contributed by atoms with E-state index in [0.717, 1.165) is 0 Å². The number of amides is 1. The first-order chi connectivity index (χ1) is 6.61. The summed E-state index contributed by atoms with van der Waals surface area (Å²) in [5.41, 5.74) is 0. The lowest BCUT2D eigenvalue weighted by Gasteiger charge is -2.15. The summed E-state index contributed by atoms with van der Waals surface area (Å²) in [7, 11) is 0. The first-order valence-corrected chi connectivity index (χ1v) is 4.84. The zero-order chi connectivity index (χ0) is 11.0. The first-order valence-electron chi connectivity index (χ1n) is 4.84. The second kappa shape index (κ2) is 7.53. The van der Waals surface area contributed by atoms with Crippen LogP contribution in [-0.4, -0.2) is 36.8 Å². The van der Waals surface area contributed by atoms with Crippen molar-refractivity contribution < 1.29 is 9.90 Å². The minimum absolute atomic E-state index is 0.0463. The van der Waals surface area contributed by atoms with E-state index >= 15 is 0 Å². The van der Waals surface area contributed by atoms with Gasteiger partial charge in [0.2, 0.25) is 5.91 Å². The van der Waals surface area contributed by atoms with Gasteiger partial charge in [0, 0.05) is 19.7 Å². The number of rotatable bonds is 7. The monoisotopic (exact) mass is 200 g/mol. The summed E-state index contributed by atoms with van der Waals surface area (Å²) < 4.78 is 0. The fourth-order valence-corrected chi connectivity index (χ4v) is 0.861. The van der Waals surface area contributed by atoms with Gasteiger partial charge in [-0.3, -0.25) is 4.79 Å². The van der Waals surface area contributed by atoms with Crippen LogP contribution < -0.4 is 10.6 Å². The van der Waals surface area contributed by atoms with Gasteiger partial charge in [-0.2, -0.15) is 0 Å². The van der Waals surface area contributed by atoms with E-state index in [9.17, 15) is 4.79 Å². The minimum Gasteiger partial charge on any atom is -0.396 e. The summed E-state index contributed by atoms with van der Waals surface area (Å²) in [5.74, 6) is 0.125. The molecule has 0 fully saturated rings. The van der Waals surface area contributed by atoms with E-state index in [1.165, 1.54) is 0 Å². The highest BCUT2D eigenvalue weighted by Gasteiger charge is 2.11. The molecule has 0 radical (unpaired) electrons. The molecule has 0 bridgehead atoms. The Hall–Kier alpha value is -0.870. The van der Waals surface area contributed by atoms with Crippen molar-refractivity contribution in [3.8, 4) is 0 Å². The number of carbonyl (C=O) groups excluding carboxylic acids is 1. The molecule has 0 aliphatic heterocycles. The van der Waals surface area contributed by atoms with Gasteiger partial charge in [-0.15, -0.1) is 6.58 Å². The third-order valence-electron chi connectivity index (χ3n) is 1.90. The van der Waals surface area contributed by atoms with Gasteiger partial charge in [-0.05, 0) is 12.8 Å². The number of carbonyl (C=O) groups is 1. The Balaban J connectivity index is 3.66. The zero-order valence-corrected chi connectivity index (χ0v) is 8.92. The molecule has 0 saturated carbocycles. The van der Waals surface area contributed by atoms with E-state index in [4.69, 9.17) is 5.11 Å². The van der Waals surface area contributed by atoms with Crippen LogP contribution >= 0.6 is 0 Å². The molecule has 4 nitrogen and oxygen atoms in total. The van der Waals surface area contributed by atoms with Crippen LogP contribution in [0.2, 0.25) is 0 Å². The fraction of sp³-hybridized carbons (Fsp3) is 0.700. The SMILES string of the molecule is C=CCNC(=O)C(C)NCC(C)CO. The van der Waals surface area contributed by atoms with E-state index in [0.29, 0.717) is 13.1 Å². The maximum absolute atomic E-state index is 11.3. The van der Waals surface area contributed by atoms with Crippen molar-refractivity contribution in [2.45, 2.75) is 19.9 Å². The summed E-state index contributed by atoms with van der Waals surface area (Å²) in [4.78, 5) is 11.3. The van der Waals surface area contributed by atoms with Gasteiger partial charge in [0.05, 0.1) is 6.04 Å². The Morgan fingerprint density at radius 1 is 1.57 bits per heavy atom. The Kier molecular flexibility index (Phi) is 7.06. The normalized spacial score (nSPS) is 14.5. The van der Waals surface area contributed by atoms with Crippen molar-refractivity contribution in [2.24, 2.45) is 5.92 Å². The predicted molar refractivity (Wildman–Crippen MR) is 56.9 cm³/mol. The lowest BCUT2D eigenvalue weighted by molar-refractivity contribution is -0.122. The molecule has 0 aromatic rings. The first kappa shape index (κ1) is 13.1. The van der Waals surface area contributed by atoms with Crippen molar-refractivity contribution in [1.82, 2.24) is 10.6 Å². The highest BCUT2D eigenvalue weighted by Crippen LogP contribution is 1.91. The molecular weight excluding hydrogens is 180 g/mol. The molecule has 0 aromatic carbocycles. The molecule has 0 aliphatic carbocycles. The molecule has 3 N–H and O–H groups in total. The maximum Gasteiger partial charge on any atom is 0.237 e. The van der Waals surface area contributed by atoms with E-state index in [-0.39, 0.29) is 24.5 Å². The van der Waals surface area contributed by atoms with E-state index in [1.54, 1.807) is 13.0 Å². The Labute approximate surface area is 85.4 Å². The fourth-order valence-electron chi connectivity index (χ4n) is 0.861. The van der Waals surface area contributed by atoms with Crippen molar-refractivity contribution in [1.29, 1.82) is 0 Å². The predicted octanol–water partition coefficient (Wildman–Crippen LogP) is -0.105. The van der Waals surface area contributed by atoms with Crippen molar-refractivity contribution >= 4 is 5.91 Å². The molecule has 0 aliphatic rings. The van der Waals surface area contributed by atoms with Gasteiger partial charge >= 0.3 is 0 Å². The second-order valence-electron chi connectivity index (χ2n) is 3.45. The van der Waals surface area contributed by atoms with Crippen LogP contribution in [0.4, 0.5) is 0 Å². The number of hydrogen-bond acceptors (Lipinski definition) is 3. The number of hydrogen-bond donors (Lipinski definition) is 3. The van der Waals surface area contributed by atoms with Crippen LogP contribution in [0.15, 0.2) is 12.7 Å². The zero-order valence-electron chi connectivity index (χ0n) is 8.92. The molecule has 0 saturated heterocycles. The third-order valence-corrected chi connectivity index (χ3v) is 1.90. The summed E-state index contributed by atoms with van der Waals surface area (Å²) in [6.07, 6.45) is 1.64. The molecule has 2 unspecified atom stereocenters. The molecule has 0 heterocycles. The minimum atomic E-state index is -0.232. The van der Waals surface area contributed by atoms with Crippen molar-refractivity contribution in [3.63, 3.8) is 0 Å². The molecule has 0 spiro atoms. The van der Waals surface area contributed by atoms with Gasteiger partial charge in [-0.25, -0.2) is 0 Å². The Morgan fingerprint density at radius 2 is 2.21 bits per heavy atom. The highest BCUT2D eigenvalue weighted by molar-refractivity contribution is 5.81. The van der Waals surface area contributed by atoms with Crippen LogP contribution in [0.3, 0.4) is 0 Å². The average Bonchev–Trinajstić information content (AvgIpc) is 2.21. The lowest BCUT2D eigenvalue weighted by atomic mass is 10.2. The van der Waals surface area contributed by atoms with Crippen molar-refractivity contribution in [3.05, 3.63) is 12.7 Å². The molecule has 2 atom stereocenters. The van der Waals surface area contributed by atoms with Crippen molar-refractivity contribution in [2.75, 3.05) is 19.7 Å². The van der Waals surface area contributed by atoms with Gasteiger partial charge < -0.3 is 15.7 Å². The quantitative estimate of drug-likeness (QED) is 0.503. The topological polar surface area (TPSA) is 61.4 Å². The van der Waals surface area contributed by atoms with Gasteiger partial charge in [0.25, 0.3) is 0 Å². The van der Waals surface area contributed by atoms with E-state index in [2.05, 4.69) is 17.2 Å². The van der Waals surface area contributed by atoms with E-state index in [1.807, 2.05) is 6.92 Å². The van der Waals surface area contributed by atoms with Crippen LogP contribution in [0.1, 0.15) is 13.8 Å². The van der Waals surface area contributed by atoms with Crippen LogP contribution in [0.25, 0.3) is 0 Å². The van der Waals surface area contributed by atoms with Crippen LogP contribution in [0.5, 0.6) is 0 Å². The second-order valence-corrected chi connectivity index (χ2v) is 3.45. The summed E-state index contributed by atoms with van der Waals surface area (Å²) >= 11 is 0. The standard InChI is InChI=1S/C10H20N2O2/c1-4-5-11-10(14)9(3)12-6-8(2)7-13/h4,8-9,12-13H,1,5-7H2,2-3H3,(H,11,14). The molecule has 1 amide bonds. The number of aliphatic hydroxyl groups is 1. The number of nitrogens with one attached hydrogen (secondary N) is 2. The summed E-state index contributed by atoms with van der Waals surface area (Å²) in [6, 6.07) is -0.232. The average molecular weight is 200 g/mol. The Bertz CT molecular complexity index is 183. The van der Waals surface area contributed by atoms with Crippen LogP contribution in [-0.2, 0) is 4.79 Å². The van der Waals surface area contributed by atoms with Gasteiger partial charge in [-0.1, -0.05) is 13.0 Å². The molecule has 0 aromatic heterocycles. The molecule has 4 heteroatoms. The molecule has 82 valence electrons. The summed E-state index contributed by atoms with van der Waals surface area (Å²) in [5, 5.41) is 14.5.